The molecule has 0 aliphatic heterocycles. The van der Waals surface area contributed by atoms with E-state index in [9.17, 15) is 14.7 Å². The summed E-state index contributed by atoms with van der Waals surface area (Å²) in [7, 11) is 0. The topological polar surface area (TPSA) is 77.4 Å². The first-order chi connectivity index (χ1) is 13.6. The minimum absolute atomic E-state index is 0. The summed E-state index contributed by atoms with van der Waals surface area (Å²) < 4.78 is 0. The zero-order valence-electron chi connectivity index (χ0n) is 19.1. The number of unbranched alkanes of at least 4 members (excludes halogenated alkanes) is 14. The number of carbonyl (C=O) groups excluding carboxylic acids is 1. The molecule has 0 saturated heterocycles. The van der Waals surface area contributed by atoms with Gasteiger partial charge in [0, 0.05) is 12.4 Å². The van der Waals surface area contributed by atoms with Crippen molar-refractivity contribution in [3.8, 4) is 0 Å². The van der Waals surface area contributed by atoms with Gasteiger partial charge in [0.15, 0.2) is 0 Å². The minimum Gasteiger partial charge on any atom is -0.550 e. The summed E-state index contributed by atoms with van der Waals surface area (Å²) in [6.45, 7) is 2.26. The second kappa shape index (κ2) is 24.6. The van der Waals surface area contributed by atoms with Gasteiger partial charge in [0.1, 0.15) is 0 Å². The molecule has 0 bridgehead atoms. The van der Waals surface area contributed by atoms with Gasteiger partial charge in [0.25, 0.3) is 0 Å². The molecule has 5 heteroatoms. The number of rotatable bonds is 21. The maximum atomic E-state index is 11.0. The standard InChI is InChI=1S/C24H44O4.K/c1-2-3-4-5-6-7-8-9-10-11-12-13-14-15-16-17-18-19-20-22(24(27)28)21-23(25)26;/h9-10,22H,2-8,11-21H2,1H3,(H,25,26)(H,27,28);/q;+1/p-1/b10-9+;. The fourth-order valence-electron chi connectivity index (χ4n) is 3.51. The van der Waals surface area contributed by atoms with E-state index in [1.54, 1.807) is 0 Å². The average Bonchev–Trinajstić information content (AvgIpc) is 2.65. The van der Waals surface area contributed by atoms with Gasteiger partial charge in [-0.2, -0.15) is 0 Å². The number of aliphatic carboxylic acids is 2. The van der Waals surface area contributed by atoms with Crippen LogP contribution < -0.4 is 56.5 Å². The van der Waals surface area contributed by atoms with Gasteiger partial charge >= 0.3 is 57.4 Å². The van der Waals surface area contributed by atoms with E-state index in [4.69, 9.17) is 5.11 Å². The number of carbonyl (C=O) groups is 2. The van der Waals surface area contributed by atoms with E-state index in [0.717, 1.165) is 19.3 Å². The Balaban J connectivity index is 0. The molecule has 0 aliphatic carbocycles. The Morgan fingerprint density at radius 1 is 0.759 bits per heavy atom. The van der Waals surface area contributed by atoms with Crippen LogP contribution in [0.15, 0.2) is 12.2 Å². The molecule has 0 aliphatic rings. The van der Waals surface area contributed by atoms with E-state index in [-0.39, 0.29) is 57.8 Å². The van der Waals surface area contributed by atoms with Crippen LogP contribution in [0, 0.1) is 5.92 Å². The smallest absolute Gasteiger partial charge is 0.550 e. The zero-order chi connectivity index (χ0) is 20.9. The van der Waals surface area contributed by atoms with Crippen molar-refractivity contribution in [1.82, 2.24) is 0 Å². The van der Waals surface area contributed by atoms with E-state index in [1.807, 2.05) is 0 Å². The van der Waals surface area contributed by atoms with Gasteiger partial charge in [-0.05, 0) is 32.1 Å². The normalized spacial score (nSPS) is 12.0. The molecule has 164 valence electrons. The monoisotopic (exact) mass is 434 g/mol. The molecule has 0 heterocycles. The summed E-state index contributed by atoms with van der Waals surface area (Å²) in [6, 6.07) is 0. The molecule has 0 fully saturated rings. The van der Waals surface area contributed by atoms with Crippen molar-refractivity contribution in [2.45, 2.75) is 122 Å². The molecule has 29 heavy (non-hydrogen) atoms. The van der Waals surface area contributed by atoms with Crippen LogP contribution in [0.5, 0.6) is 0 Å². The van der Waals surface area contributed by atoms with Crippen molar-refractivity contribution in [2.24, 2.45) is 5.92 Å². The Hall–Kier alpha value is 0.316. The van der Waals surface area contributed by atoms with Crippen LogP contribution in [0.25, 0.3) is 0 Å². The summed E-state index contributed by atoms with van der Waals surface area (Å²) in [5.74, 6) is -3.09. The van der Waals surface area contributed by atoms with Crippen LogP contribution in [-0.2, 0) is 9.59 Å². The molecular formula is C24H43KO4. The number of hydrogen-bond acceptors (Lipinski definition) is 3. The first kappa shape index (κ1) is 31.5. The van der Waals surface area contributed by atoms with Gasteiger partial charge in [-0.15, -0.1) is 0 Å². The predicted octanol–water partition coefficient (Wildman–Crippen LogP) is 3.04. The molecular weight excluding hydrogens is 391 g/mol. The molecule has 0 aromatic carbocycles. The van der Waals surface area contributed by atoms with Gasteiger partial charge in [0.05, 0.1) is 5.92 Å². The van der Waals surface area contributed by atoms with Gasteiger partial charge in [-0.25, -0.2) is 0 Å². The Bertz CT molecular complexity index is 410. The van der Waals surface area contributed by atoms with Crippen molar-refractivity contribution in [3.63, 3.8) is 0 Å². The number of carboxylic acids is 2. The van der Waals surface area contributed by atoms with E-state index in [2.05, 4.69) is 19.1 Å². The van der Waals surface area contributed by atoms with Crippen LogP contribution in [0.1, 0.15) is 122 Å². The average molecular weight is 435 g/mol. The van der Waals surface area contributed by atoms with E-state index < -0.39 is 17.9 Å². The van der Waals surface area contributed by atoms with Gasteiger partial charge in [-0.3, -0.25) is 4.79 Å². The molecule has 1 unspecified atom stereocenters. The third kappa shape index (κ3) is 24.5. The predicted molar refractivity (Wildman–Crippen MR) is 114 cm³/mol. The van der Waals surface area contributed by atoms with Gasteiger partial charge in [-0.1, -0.05) is 96.1 Å². The maximum Gasteiger partial charge on any atom is 1.00 e. The molecule has 1 N–H and O–H groups in total. The quantitative estimate of drug-likeness (QED) is 0.171. The molecule has 1 atom stereocenters. The van der Waals surface area contributed by atoms with Gasteiger partial charge < -0.3 is 15.0 Å². The number of allylic oxidation sites excluding steroid dienone is 2. The first-order valence-corrected chi connectivity index (χ1v) is 11.7. The van der Waals surface area contributed by atoms with E-state index in [1.165, 1.54) is 83.5 Å². The SMILES string of the molecule is CCCCCCCC/C=C/CCCCCCCCCCC(CC(=O)[O-])C(=O)O.[K+]. The van der Waals surface area contributed by atoms with Crippen LogP contribution in [0.4, 0.5) is 0 Å². The van der Waals surface area contributed by atoms with Gasteiger partial charge in [0.2, 0.25) is 0 Å². The second-order valence-corrected chi connectivity index (χ2v) is 8.04. The second-order valence-electron chi connectivity index (χ2n) is 8.04. The Kier molecular flexibility index (Phi) is 26.7. The van der Waals surface area contributed by atoms with Crippen molar-refractivity contribution >= 4 is 11.9 Å². The van der Waals surface area contributed by atoms with Crippen LogP contribution in [-0.4, -0.2) is 17.0 Å². The fraction of sp³-hybridized carbons (Fsp3) is 0.833. The maximum absolute atomic E-state index is 11.0. The molecule has 4 nitrogen and oxygen atoms in total. The fourth-order valence-corrected chi connectivity index (χ4v) is 3.51. The molecule has 0 saturated carbocycles. The third-order valence-electron chi connectivity index (χ3n) is 5.33. The Morgan fingerprint density at radius 2 is 1.17 bits per heavy atom. The van der Waals surface area contributed by atoms with Crippen LogP contribution in [0.3, 0.4) is 0 Å². The third-order valence-corrected chi connectivity index (χ3v) is 5.33. The molecule has 0 rings (SSSR count). The summed E-state index contributed by atoms with van der Waals surface area (Å²) in [5, 5.41) is 19.5. The van der Waals surface area contributed by atoms with E-state index >= 15 is 0 Å². The van der Waals surface area contributed by atoms with Crippen molar-refractivity contribution in [3.05, 3.63) is 12.2 Å². The van der Waals surface area contributed by atoms with Crippen LogP contribution >= 0.6 is 0 Å². The minimum atomic E-state index is -1.27. The molecule has 0 aromatic heterocycles. The summed E-state index contributed by atoms with van der Waals surface area (Å²) in [4.78, 5) is 21.5. The Morgan fingerprint density at radius 3 is 1.59 bits per heavy atom. The van der Waals surface area contributed by atoms with Crippen molar-refractivity contribution in [2.75, 3.05) is 0 Å². The summed E-state index contributed by atoms with van der Waals surface area (Å²) in [6.07, 6.45) is 24.5. The molecule has 0 spiro atoms. The van der Waals surface area contributed by atoms with Crippen LogP contribution in [0.2, 0.25) is 0 Å². The first-order valence-electron chi connectivity index (χ1n) is 11.7. The molecule has 0 radical (unpaired) electrons. The molecule has 0 aromatic rings. The largest absolute Gasteiger partial charge is 1.00 e. The number of hydrogen-bond donors (Lipinski definition) is 1. The van der Waals surface area contributed by atoms with Crippen molar-refractivity contribution < 1.29 is 71.2 Å². The van der Waals surface area contributed by atoms with E-state index in [0.29, 0.717) is 6.42 Å². The number of carboxylic acid groups (broad SMARTS) is 2. The Labute approximate surface area is 221 Å². The summed E-state index contributed by atoms with van der Waals surface area (Å²) in [5.41, 5.74) is 0. The molecule has 0 amide bonds. The summed E-state index contributed by atoms with van der Waals surface area (Å²) >= 11 is 0. The van der Waals surface area contributed by atoms with Crippen molar-refractivity contribution in [1.29, 1.82) is 0 Å². The zero-order valence-corrected chi connectivity index (χ0v) is 22.3.